The lowest BCUT2D eigenvalue weighted by atomic mass is 10.2. The van der Waals surface area contributed by atoms with Crippen molar-refractivity contribution in [3.8, 4) is 23.0 Å². The molecule has 214 valence electrons. The summed E-state index contributed by atoms with van der Waals surface area (Å²) in [6.45, 7) is -2.36. The molecule has 0 amide bonds. The van der Waals surface area contributed by atoms with E-state index in [1.54, 1.807) is 0 Å². The Morgan fingerprint density at radius 3 is 1.50 bits per heavy atom. The first-order valence-electron chi connectivity index (χ1n) is 10.7. The minimum atomic E-state index is -4.83. The van der Waals surface area contributed by atoms with Crippen LogP contribution in [0.1, 0.15) is 20.7 Å². The predicted molar refractivity (Wildman–Crippen MR) is 138 cm³/mol. The number of alkyl halides is 6. The lowest BCUT2D eigenvalue weighted by Crippen LogP contribution is -2.18. The molecule has 0 saturated carbocycles. The zero-order valence-electron chi connectivity index (χ0n) is 19.7. The summed E-state index contributed by atoms with van der Waals surface area (Å²) < 4.78 is 105. The van der Waals surface area contributed by atoms with Gasteiger partial charge >= 0.3 is 21.6 Å². The minimum absolute atomic E-state index is 0.0288. The Bertz CT molecular complexity index is 1470. The van der Waals surface area contributed by atoms with E-state index in [4.69, 9.17) is 9.47 Å². The Morgan fingerprint density at radius 2 is 1.10 bits per heavy atom. The van der Waals surface area contributed by atoms with Gasteiger partial charge in [-0.05, 0) is 92.5 Å². The Morgan fingerprint density at radius 1 is 0.700 bits per heavy atom. The molecular weight excluding hydrogens is 700 g/mol. The fraction of sp³-hybridized carbons (Fsp3) is 0.167. The van der Waals surface area contributed by atoms with Gasteiger partial charge in [-0.2, -0.15) is 26.0 Å². The van der Waals surface area contributed by atoms with E-state index in [1.165, 1.54) is 60.7 Å². The standard InChI is InChI=1S/C24H16Br2F4O9S/c25-23(27,28)12-36-21(31)14-1-5-16(6-2-14)38-18-9-10-19(20(11-18)40(33,34)35)39-17-7-3-15(4-8-17)22(32)37-13-24(26,29)30/h1-11H,12-13H2,(H,33,34,35). The van der Waals surface area contributed by atoms with Crippen LogP contribution >= 0.6 is 31.9 Å². The third-order valence-corrected chi connectivity index (χ3v) is 5.90. The summed E-state index contributed by atoms with van der Waals surface area (Å²) in [4.78, 5) is 16.3. The van der Waals surface area contributed by atoms with Crippen LogP contribution in [-0.2, 0) is 19.6 Å². The van der Waals surface area contributed by atoms with Gasteiger partial charge in [0.2, 0.25) is 0 Å². The van der Waals surface area contributed by atoms with Gasteiger partial charge in [0.25, 0.3) is 10.1 Å². The summed E-state index contributed by atoms with van der Waals surface area (Å²) in [6.07, 6.45) is 0. The summed E-state index contributed by atoms with van der Waals surface area (Å²) in [5.41, 5.74) is -0.130. The molecule has 3 rings (SSSR count). The highest BCUT2D eigenvalue weighted by Crippen LogP contribution is 2.34. The molecule has 0 aromatic heterocycles. The number of carbonyl (C=O) groups is 2. The molecule has 0 spiro atoms. The smallest absolute Gasteiger partial charge is 0.338 e. The van der Waals surface area contributed by atoms with Crippen molar-refractivity contribution in [1.29, 1.82) is 0 Å². The Hall–Kier alpha value is -3.21. The molecule has 0 saturated heterocycles. The van der Waals surface area contributed by atoms with Crippen LogP contribution in [0.15, 0.2) is 71.6 Å². The summed E-state index contributed by atoms with van der Waals surface area (Å²) in [5.74, 6) is -2.26. The Balaban J connectivity index is 1.72. The van der Waals surface area contributed by atoms with Crippen LogP contribution in [0, 0.1) is 0 Å². The molecule has 1 N–H and O–H groups in total. The first-order chi connectivity index (χ1) is 18.5. The van der Waals surface area contributed by atoms with Gasteiger partial charge < -0.3 is 18.9 Å². The Labute approximate surface area is 241 Å². The number of halogens is 6. The first kappa shape index (κ1) is 31.3. The van der Waals surface area contributed by atoms with Gasteiger partial charge in [0.1, 0.15) is 27.9 Å². The highest BCUT2D eigenvalue weighted by atomic mass is 79.9. The summed E-state index contributed by atoms with van der Waals surface area (Å²) in [5, 5.41) is 0. The van der Waals surface area contributed by atoms with Gasteiger partial charge in [-0.15, -0.1) is 0 Å². The topological polar surface area (TPSA) is 125 Å². The first-order valence-corrected chi connectivity index (χ1v) is 13.7. The monoisotopic (exact) mass is 714 g/mol. The molecule has 0 aliphatic rings. The van der Waals surface area contributed by atoms with Gasteiger partial charge in [-0.25, -0.2) is 9.59 Å². The van der Waals surface area contributed by atoms with Crippen LogP contribution in [0.2, 0.25) is 0 Å². The normalized spacial score (nSPS) is 12.0. The third kappa shape index (κ3) is 9.76. The molecule has 0 atom stereocenters. The van der Waals surface area contributed by atoms with E-state index in [-0.39, 0.29) is 34.1 Å². The van der Waals surface area contributed by atoms with Gasteiger partial charge in [-0.3, -0.25) is 4.55 Å². The van der Waals surface area contributed by atoms with Crippen LogP contribution in [-0.4, -0.2) is 47.8 Å². The van der Waals surface area contributed by atoms with Crippen LogP contribution < -0.4 is 9.47 Å². The van der Waals surface area contributed by atoms with Crippen LogP contribution in [0.5, 0.6) is 23.0 Å². The molecule has 40 heavy (non-hydrogen) atoms. The van der Waals surface area contributed by atoms with Crippen molar-refractivity contribution < 1.29 is 59.1 Å². The van der Waals surface area contributed by atoms with E-state index in [0.717, 1.165) is 6.07 Å². The maximum Gasteiger partial charge on any atom is 0.338 e. The summed E-state index contributed by atoms with van der Waals surface area (Å²) in [6, 6.07) is 13.4. The van der Waals surface area contributed by atoms with E-state index in [0.29, 0.717) is 0 Å². The maximum atomic E-state index is 12.8. The number of hydrogen-bond donors (Lipinski definition) is 1. The zero-order valence-corrected chi connectivity index (χ0v) is 23.6. The number of carbonyl (C=O) groups excluding carboxylic acids is 2. The van der Waals surface area contributed by atoms with Crippen molar-refractivity contribution in [2.75, 3.05) is 13.2 Å². The highest BCUT2D eigenvalue weighted by molar-refractivity contribution is 9.10. The molecule has 0 aliphatic carbocycles. The van der Waals surface area contributed by atoms with E-state index in [9.17, 15) is 40.1 Å². The van der Waals surface area contributed by atoms with E-state index in [1.807, 2.05) is 15.9 Å². The SMILES string of the molecule is O=C(OCC(F)(F)Br)c1ccc(Oc2ccc(Oc3ccc(C(=O)OCC(F)(F)Br)cc3)c(S(=O)(=O)O)c2)cc1. The highest BCUT2D eigenvalue weighted by Gasteiger charge is 2.27. The molecular formula is C24H16Br2F4O9S. The van der Waals surface area contributed by atoms with Crippen LogP contribution in [0.25, 0.3) is 0 Å². The molecule has 0 aliphatic heterocycles. The molecule has 0 heterocycles. The minimum Gasteiger partial charge on any atom is -0.457 e. The number of benzene rings is 3. The van der Waals surface area contributed by atoms with E-state index >= 15 is 0 Å². The zero-order chi connectivity index (χ0) is 29.7. The second-order valence-electron chi connectivity index (χ2n) is 7.72. The van der Waals surface area contributed by atoms with Crippen LogP contribution in [0.4, 0.5) is 17.6 Å². The number of esters is 2. The van der Waals surface area contributed by atoms with E-state index < -0.39 is 49.8 Å². The molecule has 0 fully saturated rings. The number of rotatable bonds is 11. The number of hydrogen-bond acceptors (Lipinski definition) is 8. The predicted octanol–water partition coefficient (Wildman–Crippen LogP) is 6.81. The molecule has 16 heteroatoms. The largest absolute Gasteiger partial charge is 0.457 e. The average Bonchev–Trinajstić information content (AvgIpc) is 2.86. The van der Waals surface area contributed by atoms with Gasteiger partial charge in [0, 0.05) is 6.07 Å². The molecule has 0 unspecified atom stereocenters. The lowest BCUT2D eigenvalue weighted by Gasteiger charge is -2.13. The second kappa shape index (κ2) is 12.5. The molecule has 9 nitrogen and oxygen atoms in total. The lowest BCUT2D eigenvalue weighted by molar-refractivity contribution is 0.00357. The van der Waals surface area contributed by atoms with Crippen molar-refractivity contribution in [1.82, 2.24) is 0 Å². The third-order valence-electron chi connectivity index (χ3n) is 4.57. The van der Waals surface area contributed by atoms with Crippen molar-refractivity contribution in [2.45, 2.75) is 14.6 Å². The second-order valence-corrected chi connectivity index (χ2v) is 11.4. The fourth-order valence-electron chi connectivity index (χ4n) is 2.88. The average molecular weight is 716 g/mol. The molecule has 3 aromatic carbocycles. The van der Waals surface area contributed by atoms with Crippen molar-refractivity contribution in [3.63, 3.8) is 0 Å². The molecule has 0 radical (unpaired) electrons. The number of ether oxygens (including phenoxy) is 4. The fourth-order valence-corrected chi connectivity index (χ4v) is 3.74. The van der Waals surface area contributed by atoms with Crippen molar-refractivity contribution in [3.05, 3.63) is 77.9 Å². The van der Waals surface area contributed by atoms with Gasteiger partial charge in [-0.1, -0.05) is 0 Å². The summed E-state index contributed by atoms with van der Waals surface area (Å²) >= 11 is 4.10. The quantitative estimate of drug-likeness (QED) is 0.0987. The summed E-state index contributed by atoms with van der Waals surface area (Å²) in [7, 11) is -4.83. The maximum absolute atomic E-state index is 12.8. The van der Waals surface area contributed by atoms with Crippen LogP contribution in [0.3, 0.4) is 0 Å². The van der Waals surface area contributed by atoms with Crippen molar-refractivity contribution >= 4 is 53.9 Å². The molecule has 0 bridgehead atoms. The Kier molecular flexibility index (Phi) is 9.81. The van der Waals surface area contributed by atoms with E-state index in [2.05, 4.69) is 25.4 Å². The van der Waals surface area contributed by atoms with Gasteiger partial charge in [0.05, 0.1) is 11.1 Å². The molecule has 3 aromatic rings. The van der Waals surface area contributed by atoms with Crippen molar-refractivity contribution in [2.24, 2.45) is 0 Å². The van der Waals surface area contributed by atoms with Gasteiger partial charge in [0.15, 0.2) is 13.2 Å².